The van der Waals surface area contributed by atoms with Gasteiger partial charge in [-0.2, -0.15) is 0 Å². The van der Waals surface area contributed by atoms with Crippen molar-refractivity contribution in [1.82, 2.24) is 9.13 Å². The Labute approximate surface area is 158 Å². The Kier molecular flexibility index (Phi) is 6.05. The quantitative estimate of drug-likeness (QED) is 0.303. The normalized spacial score (nSPS) is 10.0. The van der Waals surface area contributed by atoms with E-state index < -0.39 is 0 Å². The smallest absolute Gasteiger partial charge is 0.436 e. The minimum Gasteiger partial charge on any atom is -0.436 e. The first-order chi connectivity index (χ1) is 11.7. The summed E-state index contributed by atoms with van der Waals surface area (Å²) in [6, 6.07) is 15.5. The Hall–Kier alpha value is -2.52. The number of aldehydes is 2. The summed E-state index contributed by atoms with van der Waals surface area (Å²) < 4.78 is 3.66. The molecule has 0 aliphatic rings. The Morgan fingerprint density at radius 2 is 1.08 bits per heavy atom. The molecule has 2 heterocycles. The van der Waals surface area contributed by atoms with Crippen molar-refractivity contribution in [2.24, 2.45) is 14.1 Å². The van der Waals surface area contributed by atoms with Crippen molar-refractivity contribution in [2.75, 3.05) is 0 Å². The predicted octanol–water partition coefficient (Wildman–Crippen LogP) is 3.58. The largest absolute Gasteiger partial charge is 2.00 e. The summed E-state index contributed by atoms with van der Waals surface area (Å²) in [7, 11) is 3.77. The van der Waals surface area contributed by atoms with Crippen LogP contribution < -0.4 is 0 Å². The average Bonchev–Trinajstić information content (AvgIpc) is 3.13. The third kappa shape index (κ3) is 3.62. The monoisotopic (exact) mass is 380 g/mol. The fraction of sp³-hybridized carbons (Fsp3) is 0.100. The fourth-order valence-electron chi connectivity index (χ4n) is 2.77. The molecule has 0 unspecified atom stereocenters. The van der Waals surface area contributed by atoms with Crippen LogP contribution in [0.25, 0.3) is 21.8 Å². The van der Waals surface area contributed by atoms with E-state index in [0.717, 1.165) is 34.4 Å². The molecule has 2 aromatic heterocycles. The van der Waals surface area contributed by atoms with Crippen LogP contribution in [0, 0.1) is 12.4 Å². The second kappa shape index (κ2) is 8.04. The van der Waals surface area contributed by atoms with E-state index in [1.165, 1.54) is 0 Å². The van der Waals surface area contributed by atoms with Crippen LogP contribution in [0.15, 0.2) is 48.5 Å². The van der Waals surface area contributed by atoms with E-state index in [1.807, 2.05) is 71.8 Å². The molecule has 0 bridgehead atoms. The van der Waals surface area contributed by atoms with Crippen molar-refractivity contribution in [2.45, 2.75) is 0 Å². The summed E-state index contributed by atoms with van der Waals surface area (Å²) in [5, 5.41) is 1.94. The molecule has 4 rings (SSSR count). The molecule has 4 aromatic rings. The third-order valence-electron chi connectivity index (χ3n) is 3.92. The van der Waals surface area contributed by atoms with Gasteiger partial charge in [-0.3, -0.25) is 0 Å². The Morgan fingerprint density at radius 1 is 0.720 bits per heavy atom. The summed E-state index contributed by atoms with van der Waals surface area (Å²) in [5.41, 5.74) is 3.35. The van der Waals surface area contributed by atoms with Crippen LogP contribution in [-0.2, 0) is 33.6 Å². The van der Waals surface area contributed by atoms with Gasteiger partial charge in [0.05, 0.1) is 12.6 Å². The first kappa shape index (κ1) is 18.8. The number of aryl methyl sites for hydroxylation is 2. The van der Waals surface area contributed by atoms with Crippen molar-refractivity contribution in [3.05, 3.63) is 72.1 Å². The van der Waals surface area contributed by atoms with Gasteiger partial charge in [0.2, 0.25) is 0 Å². The summed E-state index contributed by atoms with van der Waals surface area (Å²) >= 11 is 0. The number of hydrogen-bond donors (Lipinski definition) is 0. The number of benzene rings is 2. The standard InChI is InChI=1S/2C10H8NO.Zn/c2*1-11-6-8(7-12)9-4-2-3-5-10(9)11;/h2*2-5,7H,1H3;/q2*-1;+2. The zero-order valence-electron chi connectivity index (χ0n) is 14.2. The molecule has 0 aliphatic carbocycles. The van der Waals surface area contributed by atoms with Crippen molar-refractivity contribution in [3.63, 3.8) is 0 Å². The average molecular weight is 382 g/mol. The molecule has 25 heavy (non-hydrogen) atoms. The van der Waals surface area contributed by atoms with Gasteiger partial charge in [-0.15, -0.1) is 22.9 Å². The van der Waals surface area contributed by atoms with Crippen molar-refractivity contribution in [3.8, 4) is 0 Å². The minimum atomic E-state index is 0. The summed E-state index contributed by atoms with van der Waals surface area (Å²) in [4.78, 5) is 21.2. The number of hydrogen-bond acceptors (Lipinski definition) is 2. The molecule has 0 aliphatic heterocycles. The number of carbonyl (C=O) groups excluding carboxylic acids is 2. The summed E-state index contributed by atoms with van der Waals surface area (Å²) in [6.07, 6.45) is 7.57. The van der Waals surface area contributed by atoms with Crippen molar-refractivity contribution < 1.29 is 29.1 Å². The molecule has 120 valence electrons. The zero-order valence-corrected chi connectivity index (χ0v) is 17.2. The summed E-state index contributed by atoms with van der Waals surface area (Å²) in [5.74, 6) is 0. The van der Waals surface area contributed by atoms with Crippen LogP contribution in [0.1, 0.15) is 20.7 Å². The van der Waals surface area contributed by atoms with E-state index in [2.05, 4.69) is 12.4 Å². The van der Waals surface area contributed by atoms with Gasteiger partial charge in [0.15, 0.2) is 0 Å². The Morgan fingerprint density at radius 3 is 1.44 bits per heavy atom. The maximum Gasteiger partial charge on any atom is 2.00 e. The van der Waals surface area contributed by atoms with Gasteiger partial charge in [-0.05, 0) is 14.1 Å². The number of carbonyl (C=O) groups is 2. The number of para-hydroxylation sites is 2. The molecule has 0 N–H and O–H groups in total. The molecule has 4 nitrogen and oxygen atoms in total. The number of rotatable bonds is 2. The molecule has 0 spiro atoms. The van der Waals surface area contributed by atoms with E-state index >= 15 is 0 Å². The second-order valence-electron chi connectivity index (χ2n) is 5.44. The van der Waals surface area contributed by atoms with Crippen LogP contribution >= 0.6 is 0 Å². The van der Waals surface area contributed by atoms with Gasteiger partial charge in [0.1, 0.15) is 0 Å². The number of fused-ring (bicyclic) bond motifs is 2. The van der Waals surface area contributed by atoms with E-state index in [1.54, 1.807) is 0 Å². The van der Waals surface area contributed by atoms with Crippen molar-refractivity contribution in [1.29, 1.82) is 0 Å². The first-order valence-electron chi connectivity index (χ1n) is 7.49. The number of aromatic nitrogens is 2. The number of nitrogens with zero attached hydrogens (tertiary/aromatic N) is 2. The molecule has 5 heteroatoms. The molecule has 0 saturated heterocycles. The maximum absolute atomic E-state index is 10.6. The van der Waals surface area contributed by atoms with Gasteiger partial charge >= 0.3 is 19.5 Å². The zero-order chi connectivity index (χ0) is 17.1. The second-order valence-corrected chi connectivity index (χ2v) is 5.44. The SMILES string of the molecule is Cn1[c-]c(C=O)c2ccccc21.Cn1[c-]c(C=O)c2ccccc21.[Zn+2]. The van der Waals surface area contributed by atoms with E-state index in [-0.39, 0.29) is 19.5 Å². The maximum atomic E-state index is 10.6. The van der Waals surface area contributed by atoms with E-state index in [4.69, 9.17) is 0 Å². The molecule has 0 fully saturated rings. The first-order valence-corrected chi connectivity index (χ1v) is 7.49. The van der Waals surface area contributed by atoms with Gasteiger partial charge in [-0.25, -0.2) is 0 Å². The van der Waals surface area contributed by atoms with Crippen molar-refractivity contribution >= 4 is 34.4 Å². The molecule has 0 atom stereocenters. The van der Waals surface area contributed by atoms with Gasteiger partial charge < -0.3 is 18.7 Å². The molecule has 0 saturated carbocycles. The Balaban J connectivity index is 0.000000173. The van der Waals surface area contributed by atoms with Crippen LogP contribution in [0.3, 0.4) is 0 Å². The van der Waals surface area contributed by atoms with Crippen LogP contribution in [0.5, 0.6) is 0 Å². The molecule has 0 amide bonds. The molecule has 2 aromatic carbocycles. The van der Waals surface area contributed by atoms with Crippen LogP contribution in [0.4, 0.5) is 0 Å². The van der Waals surface area contributed by atoms with Gasteiger partial charge in [-0.1, -0.05) is 71.0 Å². The van der Waals surface area contributed by atoms with Crippen LogP contribution in [0.2, 0.25) is 0 Å². The molecular weight excluding hydrogens is 366 g/mol. The fourth-order valence-corrected chi connectivity index (χ4v) is 2.77. The van der Waals surface area contributed by atoms with Gasteiger partial charge in [0.25, 0.3) is 0 Å². The van der Waals surface area contributed by atoms with Crippen LogP contribution in [-0.4, -0.2) is 21.7 Å². The van der Waals surface area contributed by atoms with E-state index in [9.17, 15) is 9.59 Å². The molecule has 0 radical (unpaired) electrons. The summed E-state index contributed by atoms with van der Waals surface area (Å²) in [6.45, 7) is 0. The molecular formula is C20H16N2O2Zn. The Bertz CT molecular complexity index is 947. The van der Waals surface area contributed by atoms with E-state index in [0.29, 0.717) is 11.1 Å². The minimum absolute atomic E-state index is 0. The topological polar surface area (TPSA) is 44.0 Å². The third-order valence-corrected chi connectivity index (χ3v) is 3.92. The van der Waals surface area contributed by atoms with Gasteiger partial charge in [0, 0.05) is 0 Å². The predicted molar refractivity (Wildman–Crippen MR) is 94.3 cm³/mol.